The van der Waals surface area contributed by atoms with Crippen LogP contribution < -0.4 is 5.73 Å². The van der Waals surface area contributed by atoms with Gasteiger partial charge < -0.3 is 10.8 Å². The fourth-order valence-electron chi connectivity index (χ4n) is 0.859. The van der Waals surface area contributed by atoms with Crippen LogP contribution in [0.25, 0.3) is 0 Å². The average molecular weight is 218 g/mol. The highest BCUT2D eigenvalue weighted by Crippen LogP contribution is 2.30. The Hall–Kier alpha value is -0.260. The first-order chi connectivity index (χ1) is 6.09. The van der Waals surface area contributed by atoms with Crippen molar-refractivity contribution in [1.29, 1.82) is 0 Å². The summed E-state index contributed by atoms with van der Waals surface area (Å²) in [6.07, 6.45) is 0.583. The summed E-state index contributed by atoms with van der Waals surface area (Å²) in [5.41, 5.74) is 6.55. The minimum Gasteiger partial charge on any atom is -0.393 e. The Morgan fingerprint density at radius 3 is 2.85 bits per heavy atom. The quantitative estimate of drug-likeness (QED) is 0.758. The van der Waals surface area contributed by atoms with E-state index in [4.69, 9.17) is 10.8 Å². The van der Waals surface area contributed by atoms with Crippen molar-refractivity contribution in [2.24, 2.45) is 0 Å². The number of aliphatic hydroxyl groups is 1. The molecule has 3 nitrogen and oxygen atoms in total. The molecular formula is C8H14N2OS2. The second-order valence-electron chi connectivity index (χ2n) is 2.91. The van der Waals surface area contributed by atoms with Crippen LogP contribution in [0.2, 0.25) is 0 Å². The van der Waals surface area contributed by atoms with Gasteiger partial charge in [-0.3, -0.25) is 0 Å². The highest BCUT2D eigenvalue weighted by molar-refractivity contribution is 8.01. The summed E-state index contributed by atoms with van der Waals surface area (Å²) in [6.45, 7) is 3.76. The Morgan fingerprint density at radius 2 is 2.38 bits per heavy atom. The minimum absolute atomic E-state index is 0.224. The Bertz CT molecular complexity index is 273. The molecule has 1 aromatic rings. The van der Waals surface area contributed by atoms with Gasteiger partial charge in [0, 0.05) is 5.75 Å². The SMILES string of the molecule is Cc1nc(N)sc1SCCC(C)O. The number of nitrogen functional groups attached to an aromatic ring is 1. The lowest BCUT2D eigenvalue weighted by Crippen LogP contribution is -2.00. The molecule has 13 heavy (non-hydrogen) atoms. The van der Waals surface area contributed by atoms with Crippen molar-refractivity contribution in [3.05, 3.63) is 5.69 Å². The lowest BCUT2D eigenvalue weighted by molar-refractivity contribution is 0.192. The topological polar surface area (TPSA) is 59.1 Å². The standard InChI is InChI=1S/C8H14N2OS2/c1-5(11)3-4-12-7-6(2)10-8(9)13-7/h5,11H,3-4H2,1-2H3,(H2,9,10). The molecule has 0 radical (unpaired) electrons. The molecule has 0 aliphatic heterocycles. The van der Waals surface area contributed by atoms with E-state index >= 15 is 0 Å². The monoisotopic (exact) mass is 218 g/mol. The average Bonchev–Trinajstić information content (AvgIpc) is 2.29. The molecule has 1 heterocycles. The minimum atomic E-state index is -0.224. The third-order valence-corrected chi connectivity index (χ3v) is 3.92. The maximum atomic E-state index is 9.05. The molecule has 0 spiro atoms. The first kappa shape index (κ1) is 10.8. The summed E-state index contributed by atoms with van der Waals surface area (Å²) >= 11 is 3.23. The summed E-state index contributed by atoms with van der Waals surface area (Å²) < 4.78 is 1.16. The number of thioether (sulfide) groups is 1. The number of aliphatic hydroxyl groups excluding tert-OH is 1. The van der Waals surface area contributed by atoms with Crippen molar-refractivity contribution in [1.82, 2.24) is 4.98 Å². The van der Waals surface area contributed by atoms with Crippen LogP contribution >= 0.6 is 23.1 Å². The van der Waals surface area contributed by atoms with Gasteiger partial charge in [-0.05, 0) is 20.3 Å². The number of aromatic nitrogens is 1. The number of hydrogen-bond acceptors (Lipinski definition) is 5. The molecule has 1 rings (SSSR count). The fraction of sp³-hybridized carbons (Fsp3) is 0.625. The van der Waals surface area contributed by atoms with Crippen LogP contribution in [-0.2, 0) is 0 Å². The number of aryl methyl sites for hydroxylation is 1. The summed E-state index contributed by atoms with van der Waals surface area (Å²) in [4.78, 5) is 4.12. The fourth-order valence-corrected chi connectivity index (χ4v) is 3.07. The maximum absolute atomic E-state index is 9.05. The molecule has 0 aliphatic rings. The van der Waals surface area contributed by atoms with Gasteiger partial charge in [-0.15, -0.1) is 11.8 Å². The number of anilines is 1. The van der Waals surface area contributed by atoms with E-state index in [-0.39, 0.29) is 6.10 Å². The molecule has 3 N–H and O–H groups in total. The largest absolute Gasteiger partial charge is 0.393 e. The van der Waals surface area contributed by atoms with Crippen molar-refractivity contribution < 1.29 is 5.11 Å². The number of rotatable bonds is 4. The van der Waals surface area contributed by atoms with Crippen molar-refractivity contribution >= 4 is 28.2 Å². The summed E-state index contributed by atoms with van der Waals surface area (Å²) in [7, 11) is 0. The molecule has 0 aliphatic carbocycles. The summed E-state index contributed by atoms with van der Waals surface area (Å²) in [5, 5.41) is 9.68. The normalized spacial score (nSPS) is 13.2. The van der Waals surface area contributed by atoms with E-state index in [2.05, 4.69) is 4.98 Å². The summed E-state index contributed by atoms with van der Waals surface area (Å²) in [5.74, 6) is 0.917. The predicted molar refractivity (Wildman–Crippen MR) is 58.3 cm³/mol. The van der Waals surface area contributed by atoms with Crippen LogP contribution in [0.15, 0.2) is 4.21 Å². The van der Waals surface area contributed by atoms with Gasteiger partial charge >= 0.3 is 0 Å². The van der Waals surface area contributed by atoms with E-state index in [1.165, 1.54) is 11.3 Å². The Balaban J connectivity index is 2.40. The van der Waals surface area contributed by atoms with Gasteiger partial charge in [-0.1, -0.05) is 11.3 Å². The van der Waals surface area contributed by atoms with Gasteiger partial charge in [0.2, 0.25) is 0 Å². The third-order valence-electron chi connectivity index (χ3n) is 1.54. The van der Waals surface area contributed by atoms with E-state index < -0.39 is 0 Å². The molecule has 1 aromatic heterocycles. The van der Waals surface area contributed by atoms with Gasteiger partial charge in [0.15, 0.2) is 5.13 Å². The smallest absolute Gasteiger partial charge is 0.181 e. The number of thiazole rings is 1. The van der Waals surface area contributed by atoms with Crippen LogP contribution in [-0.4, -0.2) is 21.9 Å². The molecule has 0 bridgehead atoms. The first-order valence-electron chi connectivity index (χ1n) is 4.13. The predicted octanol–water partition coefficient (Wildman–Crippen LogP) is 1.90. The molecule has 1 unspecified atom stereocenters. The number of nitrogens with two attached hydrogens (primary N) is 1. The maximum Gasteiger partial charge on any atom is 0.181 e. The highest BCUT2D eigenvalue weighted by Gasteiger charge is 2.05. The van der Waals surface area contributed by atoms with E-state index in [0.717, 1.165) is 22.1 Å². The Kier molecular flexibility index (Phi) is 4.02. The van der Waals surface area contributed by atoms with E-state index in [1.807, 2.05) is 6.92 Å². The van der Waals surface area contributed by atoms with Crippen molar-refractivity contribution in [2.75, 3.05) is 11.5 Å². The molecular weight excluding hydrogens is 204 g/mol. The molecule has 0 aromatic carbocycles. The first-order valence-corrected chi connectivity index (χ1v) is 5.93. The zero-order valence-electron chi connectivity index (χ0n) is 7.78. The van der Waals surface area contributed by atoms with Crippen molar-refractivity contribution in [2.45, 2.75) is 30.6 Å². The lowest BCUT2D eigenvalue weighted by Gasteiger charge is -2.01. The van der Waals surface area contributed by atoms with Crippen LogP contribution in [0.5, 0.6) is 0 Å². The van der Waals surface area contributed by atoms with E-state index in [0.29, 0.717) is 5.13 Å². The second kappa shape index (κ2) is 4.83. The van der Waals surface area contributed by atoms with Crippen LogP contribution in [0, 0.1) is 6.92 Å². The Morgan fingerprint density at radius 1 is 1.69 bits per heavy atom. The van der Waals surface area contributed by atoms with Gasteiger partial charge in [0.1, 0.15) is 0 Å². The van der Waals surface area contributed by atoms with Crippen LogP contribution in [0.1, 0.15) is 19.0 Å². The van der Waals surface area contributed by atoms with E-state index in [9.17, 15) is 0 Å². The highest BCUT2D eigenvalue weighted by atomic mass is 32.2. The second-order valence-corrected chi connectivity index (χ2v) is 5.31. The Labute approximate surface area is 86.4 Å². The zero-order chi connectivity index (χ0) is 9.84. The van der Waals surface area contributed by atoms with Crippen LogP contribution in [0.4, 0.5) is 5.13 Å². The third kappa shape index (κ3) is 3.54. The van der Waals surface area contributed by atoms with Gasteiger partial charge in [-0.25, -0.2) is 4.98 Å². The van der Waals surface area contributed by atoms with Gasteiger partial charge in [0.05, 0.1) is 16.0 Å². The molecule has 74 valence electrons. The molecule has 5 heteroatoms. The summed E-state index contributed by atoms with van der Waals surface area (Å²) in [6, 6.07) is 0. The molecule has 0 fully saturated rings. The lowest BCUT2D eigenvalue weighted by atomic mass is 10.3. The van der Waals surface area contributed by atoms with Crippen molar-refractivity contribution in [3.63, 3.8) is 0 Å². The van der Waals surface area contributed by atoms with E-state index in [1.54, 1.807) is 18.7 Å². The molecule has 0 saturated heterocycles. The van der Waals surface area contributed by atoms with Gasteiger partial charge in [-0.2, -0.15) is 0 Å². The molecule has 1 atom stereocenters. The number of nitrogens with zero attached hydrogens (tertiary/aromatic N) is 1. The van der Waals surface area contributed by atoms with Gasteiger partial charge in [0.25, 0.3) is 0 Å². The molecule has 0 amide bonds. The number of hydrogen-bond donors (Lipinski definition) is 2. The zero-order valence-corrected chi connectivity index (χ0v) is 9.41. The van der Waals surface area contributed by atoms with Crippen molar-refractivity contribution in [3.8, 4) is 0 Å². The molecule has 0 saturated carbocycles. The van der Waals surface area contributed by atoms with Crippen LogP contribution in [0.3, 0.4) is 0 Å².